The number of fused-ring (bicyclic) bond motifs is 1. The van der Waals surface area contributed by atoms with Crippen molar-refractivity contribution in [2.45, 2.75) is 0 Å². The molecule has 0 amide bonds. The average molecular weight is 213 g/mol. The molecule has 0 saturated heterocycles. The maximum absolute atomic E-state index is 11.0. The van der Waals surface area contributed by atoms with Gasteiger partial charge in [0.15, 0.2) is 11.5 Å². The Kier molecular flexibility index (Phi) is 1.86. The number of hydrogen-bond acceptors (Lipinski definition) is 4. The van der Waals surface area contributed by atoms with E-state index in [9.17, 15) is 4.79 Å². The van der Waals surface area contributed by atoms with E-state index >= 15 is 0 Å². The van der Waals surface area contributed by atoms with Crippen molar-refractivity contribution in [3.8, 4) is 11.5 Å². The van der Waals surface area contributed by atoms with Crippen LogP contribution in [0.15, 0.2) is 27.4 Å². The predicted molar refractivity (Wildman–Crippen MR) is 50.8 cm³/mol. The van der Waals surface area contributed by atoms with E-state index in [4.69, 9.17) is 26.2 Å². The smallest absolute Gasteiger partial charge is 0.355 e. The summed E-state index contributed by atoms with van der Waals surface area (Å²) in [6.45, 7) is 0. The molecule has 0 spiro atoms. The number of halogens is 1. The minimum Gasteiger partial charge on any atom is -0.504 e. The molecule has 72 valence electrons. The highest BCUT2D eigenvalue weighted by atomic mass is 35.5. The first-order valence-electron chi connectivity index (χ1n) is 3.73. The van der Waals surface area contributed by atoms with E-state index in [1.807, 2.05) is 0 Å². The fourth-order valence-corrected chi connectivity index (χ4v) is 1.28. The Balaban J connectivity index is 2.90. The second-order valence-electron chi connectivity index (χ2n) is 2.76. The number of phenols is 2. The molecule has 0 aliphatic heterocycles. The van der Waals surface area contributed by atoms with Gasteiger partial charge in [0.2, 0.25) is 0 Å². The topological polar surface area (TPSA) is 70.7 Å². The quantitative estimate of drug-likeness (QED) is 0.517. The third-order valence-electron chi connectivity index (χ3n) is 1.79. The molecule has 0 atom stereocenters. The highest BCUT2D eigenvalue weighted by Crippen LogP contribution is 2.30. The molecule has 0 saturated carbocycles. The van der Waals surface area contributed by atoms with Gasteiger partial charge in [-0.3, -0.25) is 0 Å². The van der Waals surface area contributed by atoms with Gasteiger partial charge in [-0.25, -0.2) is 4.79 Å². The van der Waals surface area contributed by atoms with Crippen molar-refractivity contribution < 1.29 is 14.6 Å². The molecular formula is C9H5ClO4. The van der Waals surface area contributed by atoms with Gasteiger partial charge < -0.3 is 14.6 Å². The molecule has 2 rings (SSSR count). The fourth-order valence-electron chi connectivity index (χ4n) is 1.12. The van der Waals surface area contributed by atoms with E-state index in [1.54, 1.807) is 0 Å². The summed E-state index contributed by atoms with van der Waals surface area (Å²) >= 11 is 5.53. The van der Waals surface area contributed by atoms with Crippen LogP contribution < -0.4 is 5.63 Å². The molecule has 1 heterocycles. The summed E-state index contributed by atoms with van der Waals surface area (Å²) < 4.78 is 4.77. The Labute approximate surface area is 83.0 Å². The van der Waals surface area contributed by atoms with Crippen LogP contribution in [0.3, 0.4) is 0 Å². The number of benzene rings is 1. The zero-order chi connectivity index (χ0) is 10.3. The SMILES string of the molecule is O=c1oc2cc(O)c(O)cc2cc1Cl. The lowest BCUT2D eigenvalue weighted by atomic mass is 10.2. The minimum absolute atomic E-state index is 0.0670. The van der Waals surface area contributed by atoms with Gasteiger partial charge in [-0.05, 0) is 12.1 Å². The van der Waals surface area contributed by atoms with Crippen LogP contribution in [0.2, 0.25) is 5.02 Å². The highest BCUT2D eigenvalue weighted by molar-refractivity contribution is 6.30. The van der Waals surface area contributed by atoms with E-state index in [0.717, 1.165) is 6.07 Å². The van der Waals surface area contributed by atoms with Crippen LogP contribution in [0.1, 0.15) is 0 Å². The normalized spacial score (nSPS) is 10.6. The van der Waals surface area contributed by atoms with E-state index in [2.05, 4.69) is 0 Å². The molecule has 14 heavy (non-hydrogen) atoms. The monoisotopic (exact) mass is 212 g/mol. The van der Waals surface area contributed by atoms with Gasteiger partial charge in [0.05, 0.1) is 0 Å². The van der Waals surface area contributed by atoms with Crippen LogP contribution >= 0.6 is 11.6 Å². The van der Waals surface area contributed by atoms with Crippen molar-refractivity contribution in [1.82, 2.24) is 0 Å². The second kappa shape index (κ2) is 2.92. The van der Waals surface area contributed by atoms with Crippen molar-refractivity contribution in [2.24, 2.45) is 0 Å². The molecule has 2 aromatic rings. The van der Waals surface area contributed by atoms with Gasteiger partial charge in [0.1, 0.15) is 10.6 Å². The first kappa shape index (κ1) is 8.90. The molecule has 0 aliphatic carbocycles. The third kappa shape index (κ3) is 1.29. The second-order valence-corrected chi connectivity index (χ2v) is 3.17. The van der Waals surface area contributed by atoms with Crippen molar-refractivity contribution in [3.05, 3.63) is 33.6 Å². The van der Waals surface area contributed by atoms with Gasteiger partial charge in [0, 0.05) is 11.5 Å². The molecule has 4 nitrogen and oxygen atoms in total. The van der Waals surface area contributed by atoms with Crippen LogP contribution in [0.5, 0.6) is 11.5 Å². The number of rotatable bonds is 0. The summed E-state index contributed by atoms with van der Waals surface area (Å²) in [5.41, 5.74) is -0.501. The summed E-state index contributed by atoms with van der Waals surface area (Å²) in [7, 11) is 0. The Hall–Kier alpha value is -1.68. The highest BCUT2D eigenvalue weighted by Gasteiger charge is 2.06. The van der Waals surface area contributed by atoms with Crippen LogP contribution in [-0.2, 0) is 0 Å². The molecule has 1 aromatic carbocycles. The van der Waals surface area contributed by atoms with E-state index in [0.29, 0.717) is 5.39 Å². The summed E-state index contributed by atoms with van der Waals surface area (Å²) in [5.74, 6) is -0.634. The summed E-state index contributed by atoms with van der Waals surface area (Å²) in [6, 6.07) is 3.78. The van der Waals surface area contributed by atoms with Crippen LogP contribution in [-0.4, -0.2) is 10.2 Å². The zero-order valence-electron chi connectivity index (χ0n) is 6.82. The van der Waals surface area contributed by atoms with Crippen LogP contribution in [0, 0.1) is 0 Å². The molecule has 0 bridgehead atoms. The Morgan fingerprint density at radius 3 is 2.50 bits per heavy atom. The third-order valence-corrected chi connectivity index (χ3v) is 2.05. The lowest BCUT2D eigenvalue weighted by Gasteiger charge is -2.00. The first-order valence-corrected chi connectivity index (χ1v) is 4.11. The molecule has 0 fully saturated rings. The zero-order valence-corrected chi connectivity index (χ0v) is 7.58. The summed E-state index contributed by atoms with van der Waals surface area (Å²) in [5, 5.41) is 18.7. The standard InChI is InChI=1S/C9H5ClO4/c10-5-1-4-2-6(11)7(12)3-8(4)14-9(5)13/h1-3,11-12H. The largest absolute Gasteiger partial charge is 0.504 e. The van der Waals surface area contributed by atoms with Crippen LogP contribution in [0.4, 0.5) is 0 Å². The Bertz CT molecular complexity index is 558. The van der Waals surface area contributed by atoms with Gasteiger partial charge in [-0.1, -0.05) is 11.6 Å². The number of hydrogen-bond donors (Lipinski definition) is 2. The van der Waals surface area contributed by atoms with Crippen molar-refractivity contribution >= 4 is 22.6 Å². The number of phenolic OH excluding ortho intramolecular Hbond substituents is 2. The van der Waals surface area contributed by atoms with Gasteiger partial charge >= 0.3 is 5.63 Å². The maximum Gasteiger partial charge on any atom is 0.355 e. The fraction of sp³-hybridized carbons (Fsp3) is 0. The Morgan fingerprint density at radius 1 is 1.14 bits per heavy atom. The lowest BCUT2D eigenvalue weighted by molar-refractivity contribution is 0.403. The summed E-state index contributed by atoms with van der Waals surface area (Å²) in [4.78, 5) is 11.0. The van der Waals surface area contributed by atoms with Gasteiger partial charge in [-0.2, -0.15) is 0 Å². The molecule has 2 N–H and O–H groups in total. The predicted octanol–water partition coefficient (Wildman–Crippen LogP) is 1.86. The van der Waals surface area contributed by atoms with E-state index < -0.39 is 5.63 Å². The van der Waals surface area contributed by atoms with Crippen molar-refractivity contribution in [1.29, 1.82) is 0 Å². The van der Waals surface area contributed by atoms with Crippen LogP contribution in [0.25, 0.3) is 11.0 Å². The van der Waals surface area contributed by atoms with Crippen molar-refractivity contribution in [2.75, 3.05) is 0 Å². The molecule has 0 radical (unpaired) electrons. The van der Waals surface area contributed by atoms with E-state index in [-0.39, 0.29) is 22.1 Å². The molecular weight excluding hydrogens is 208 g/mol. The van der Waals surface area contributed by atoms with Crippen molar-refractivity contribution in [3.63, 3.8) is 0 Å². The number of aromatic hydroxyl groups is 2. The van der Waals surface area contributed by atoms with Gasteiger partial charge in [0.25, 0.3) is 0 Å². The molecule has 5 heteroatoms. The van der Waals surface area contributed by atoms with E-state index in [1.165, 1.54) is 12.1 Å². The lowest BCUT2D eigenvalue weighted by Crippen LogP contribution is -1.97. The average Bonchev–Trinajstić information content (AvgIpc) is 2.11. The molecule has 0 unspecified atom stereocenters. The first-order chi connectivity index (χ1) is 6.58. The Morgan fingerprint density at radius 2 is 1.79 bits per heavy atom. The summed E-state index contributed by atoms with van der Waals surface area (Å²) in [6.07, 6.45) is 0. The van der Waals surface area contributed by atoms with Gasteiger partial charge in [-0.15, -0.1) is 0 Å². The minimum atomic E-state index is -0.677. The molecule has 1 aromatic heterocycles. The maximum atomic E-state index is 11.0. The molecule has 0 aliphatic rings.